The molecule has 0 saturated carbocycles. The van der Waals surface area contributed by atoms with Crippen LogP contribution in [0.5, 0.6) is 0 Å². The van der Waals surface area contributed by atoms with E-state index in [1.807, 2.05) is 0 Å². The van der Waals surface area contributed by atoms with Crippen molar-refractivity contribution in [2.45, 2.75) is 32.6 Å². The minimum absolute atomic E-state index is 0.295. The van der Waals surface area contributed by atoms with Crippen LogP contribution in [0.3, 0.4) is 0 Å². The highest BCUT2D eigenvalue weighted by molar-refractivity contribution is 7.85. The summed E-state index contributed by atoms with van der Waals surface area (Å²) in [6.07, 6.45) is 3.81. The highest BCUT2D eigenvalue weighted by atomic mass is 32.2. The van der Waals surface area contributed by atoms with Crippen molar-refractivity contribution in [2.75, 3.05) is 5.75 Å². The van der Waals surface area contributed by atoms with E-state index in [9.17, 15) is 8.42 Å². The summed E-state index contributed by atoms with van der Waals surface area (Å²) < 4.78 is 29.2. The molecule has 4 heteroatoms. The molecule has 72 valence electrons. The van der Waals surface area contributed by atoms with Gasteiger partial charge in [-0.2, -0.15) is 8.42 Å². The van der Waals surface area contributed by atoms with Crippen molar-refractivity contribution in [3.63, 3.8) is 0 Å². The van der Waals surface area contributed by atoms with Crippen LogP contribution in [-0.2, 0) is 10.1 Å². The van der Waals surface area contributed by atoms with Crippen LogP contribution in [0.15, 0.2) is 12.2 Å². The van der Waals surface area contributed by atoms with E-state index in [1.54, 1.807) is 0 Å². The Labute approximate surface area is 74.2 Å². The Morgan fingerprint density at radius 2 is 2.00 bits per heavy atom. The number of rotatable bonds is 6. The lowest BCUT2D eigenvalue weighted by molar-refractivity contribution is 0.485. The van der Waals surface area contributed by atoms with Gasteiger partial charge in [0.05, 0.1) is 5.75 Å². The fraction of sp³-hybridized carbons (Fsp3) is 0.750. The topological polar surface area (TPSA) is 54.4 Å². The smallest absolute Gasteiger partial charge is 0.268 e. The SMILES string of the molecule is C=C(CCCCC)CS(=O)(=O)O. The average molecular weight is 192 g/mol. The lowest BCUT2D eigenvalue weighted by Gasteiger charge is -2.01. The molecule has 0 fully saturated rings. The van der Waals surface area contributed by atoms with Gasteiger partial charge < -0.3 is 0 Å². The first-order valence-electron chi connectivity index (χ1n) is 4.07. The maximum atomic E-state index is 10.4. The normalized spacial score (nSPS) is 11.5. The maximum Gasteiger partial charge on any atom is 0.268 e. The summed E-state index contributed by atoms with van der Waals surface area (Å²) >= 11 is 0. The zero-order valence-electron chi connectivity index (χ0n) is 7.41. The quantitative estimate of drug-likeness (QED) is 0.398. The van der Waals surface area contributed by atoms with Gasteiger partial charge in [-0.1, -0.05) is 31.9 Å². The third-order valence-corrected chi connectivity index (χ3v) is 2.29. The summed E-state index contributed by atoms with van der Waals surface area (Å²) in [5.74, 6) is -0.295. The maximum absolute atomic E-state index is 10.4. The summed E-state index contributed by atoms with van der Waals surface area (Å²) in [6, 6.07) is 0. The third-order valence-electron chi connectivity index (χ3n) is 1.52. The van der Waals surface area contributed by atoms with Crippen LogP contribution in [0, 0.1) is 0 Å². The Morgan fingerprint density at radius 1 is 1.42 bits per heavy atom. The number of unbranched alkanes of at least 4 members (excludes halogenated alkanes) is 2. The van der Waals surface area contributed by atoms with Crippen LogP contribution in [-0.4, -0.2) is 18.7 Å². The second-order valence-corrected chi connectivity index (χ2v) is 4.39. The highest BCUT2D eigenvalue weighted by Crippen LogP contribution is 2.08. The molecular formula is C8H16O3S. The standard InChI is InChI=1S/C8H16O3S/c1-3-4-5-6-8(2)7-12(9,10)11/h2-7H2,1H3,(H,9,10,11). The molecule has 0 bridgehead atoms. The molecule has 0 atom stereocenters. The number of hydrogen-bond donors (Lipinski definition) is 1. The predicted octanol–water partition coefficient (Wildman–Crippen LogP) is 2.01. The molecule has 0 aromatic rings. The van der Waals surface area contributed by atoms with Gasteiger partial charge in [0.25, 0.3) is 10.1 Å². The van der Waals surface area contributed by atoms with Crippen molar-refractivity contribution >= 4 is 10.1 Å². The first kappa shape index (κ1) is 11.6. The van der Waals surface area contributed by atoms with Crippen LogP contribution < -0.4 is 0 Å². The van der Waals surface area contributed by atoms with Crippen molar-refractivity contribution in [2.24, 2.45) is 0 Å². The summed E-state index contributed by atoms with van der Waals surface area (Å²) in [6.45, 7) is 5.65. The van der Waals surface area contributed by atoms with Crippen LogP contribution in [0.1, 0.15) is 32.6 Å². The average Bonchev–Trinajstić information content (AvgIpc) is 1.84. The molecule has 0 heterocycles. The van der Waals surface area contributed by atoms with E-state index < -0.39 is 10.1 Å². The van der Waals surface area contributed by atoms with E-state index in [2.05, 4.69) is 13.5 Å². The van der Waals surface area contributed by atoms with Crippen molar-refractivity contribution in [3.05, 3.63) is 12.2 Å². The zero-order chi connectivity index (χ0) is 9.61. The molecular weight excluding hydrogens is 176 g/mol. The second-order valence-electron chi connectivity index (χ2n) is 2.93. The predicted molar refractivity (Wildman–Crippen MR) is 49.7 cm³/mol. The molecule has 0 radical (unpaired) electrons. The molecule has 0 saturated heterocycles. The van der Waals surface area contributed by atoms with Crippen molar-refractivity contribution in [3.8, 4) is 0 Å². The lowest BCUT2D eigenvalue weighted by atomic mass is 10.1. The van der Waals surface area contributed by atoms with E-state index in [0.717, 1.165) is 19.3 Å². The van der Waals surface area contributed by atoms with Gasteiger partial charge in [0.2, 0.25) is 0 Å². The van der Waals surface area contributed by atoms with Crippen LogP contribution >= 0.6 is 0 Å². The van der Waals surface area contributed by atoms with Crippen LogP contribution in [0.2, 0.25) is 0 Å². The molecule has 0 aliphatic heterocycles. The Kier molecular flexibility index (Phi) is 5.17. The van der Waals surface area contributed by atoms with Gasteiger partial charge in [0.1, 0.15) is 0 Å². The fourth-order valence-electron chi connectivity index (χ4n) is 0.955. The molecule has 0 aromatic carbocycles. The van der Waals surface area contributed by atoms with Gasteiger partial charge in [0.15, 0.2) is 0 Å². The van der Waals surface area contributed by atoms with Crippen molar-refractivity contribution in [1.29, 1.82) is 0 Å². The molecule has 0 unspecified atom stereocenters. The monoisotopic (exact) mass is 192 g/mol. The van der Waals surface area contributed by atoms with Crippen LogP contribution in [0.4, 0.5) is 0 Å². The minimum atomic E-state index is -3.86. The minimum Gasteiger partial charge on any atom is -0.285 e. The highest BCUT2D eigenvalue weighted by Gasteiger charge is 2.06. The molecule has 12 heavy (non-hydrogen) atoms. The van der Waals surface area contributed by atoms with Gasteiger partial charge in [-0.15, -0.1) is 0 Å². The third kappa shape index (κ3) is 7.75. The Hall–Kier alpha value is -0.350. The first-order valence-corrected chi connectivity index (χ1v) is 5.68. The van der Waals surface area contributed by atoms with E-state index in [4.69, 9.17) is 4.55 Å². The molecule has 0 aliphatic carbocycles. The number of hydrogen-bond acceptors (Lipinski definition) is 2. The lowest BCUT2D eigenvalue weighted by Crippen LogP contribution is -2.05. The molecule has 0 amide bonds. The van der Waals surface area contributed by atoms with Gasteiger partial charge in [0, 0.05) is 0 Å². The Morgan fingerprint density at radius 3 is 2.42 bits per heavy atom. The zero-order valence-corrected chi connectivity index (χ0v) is 8.23. The molecule has 1 N–H and O–H groups in total. The summed E-state index contributed by atoms with van der Waals surface area (Å²) in [5.41, 5.74) is 0.589. The largest absolute Gasteiger partial charge is 0.285 e. The Bertz CT molecular complexity index is 229. The van der Waals surface area contributed by atoms with Gasteiger partial charge in [-0.25, -0.2) is 0 Å². The van der Waals surface area contributed by atoms with Crippen molar-refractivity contribution in [1.82, 2.24) is 0 Å². The van der Waals surface area contributed by atoms with Gasteiger partial charge in [-0.05, 0) is 12.8 Å². The fourth-order valence-corrected chi connectivity index (χ4v) is 1.62. The molecule has 0 rings (SSSR count). The van der Waals surface area contributed by atoms with E-state index in [0.29, 0.717) is 12.0 Å². The Balaban J connectivity index is 3.62. The van der Waals surface area contributed by atoms with Crippen LogP contribution in [0.25, 0.3) is 0 Å². The molecule has 0 aliphatic rings. The summed E-state index contributed by atoms with van der Waals surface area (Å²) in [4.78, 5) is 0. The van der Waals surface area contributed by atoms with Gasteiger partial charge >= 0.3 is 0 Å². The molecule has 0 spiro atoms. The second kappa shape index (κ2) is 5.32. The molecule has 3 nitrogen and oxygen atoms in total. The van der Waals surface area contributed by atoms with Gasteiger partial charge in [-0.3, -0.25) is 4.55 Å². The van der Waals surface area contributed by atoms with E-state index >= 15 is 0 Å². The van der Waals surface area contributed by atoms with E-state index in [1.165, 1.54) is 0 Å². The summed E-state index contributed by atoms with van der Waals surface area (Å²) in [7, 11) is -3.86. The van der Waals surface area contributed by atoms with E-state index in [-0.39, 0.29) is 5.75 Å². The summed E-state index contributed by atoms with van der Waals surface area (Å²) in [5, 5.41) is 0. The molecule has 0 aromatic heterocycles. The van der Waals surface area contributed by atoms with Crippen molar-refractivity contribution < 1.29 is 13.0 Å². The first-order chi connectivity index (χ1) is 5.45.